The maximum atomic E-state index is 8.83. The number of nitriles is 1. The molecule has 1 aromatic heterocycles. The van der Waals surface area contributed by atoms with Crippen LogP contribution in [0.15, 0.2) is 18.2 Å². The van der Waals surface area contributed by atoms with Crippen molar-refractivity contribution in [2.45, 2.75) is 6.92 Å². The molecule has 2 nitrogen and oxygen atoms in total. The summed E-state index contributed by atoms with van der Waals surface area (Å²) in [6.07, 6.45) is 0. The van der Waals surface area contributed by atoms with E-state index in [0.29, 0.717) is 0 Å². The molecule has 0 aliphatic heterocycles. The quantitative estimate of drug-likeness (QED) is 0.646. The Bertz CT molecular complexity index is 505. The molecule has 2 N–H and O–H groups in total. The highest BCUT2D eigenvalue weighted by Gasteiger charge is 2.09. The van der Waals surface area contributed by atoms with Crippen LogP contribution < -0.4 is 5.73 Å². The lowest BCUT2D eigenvalue weighted by molar-refractivity contribution is 1.48. The first kappa shape index (κ1) is 8.09. The first-order valence-corrected chi connectivity index (χ1v) is 4.73. The zero-order valence-electron chi connectivity index (χ0n) is 7.16. The fourth-order valence-corrected chi connectivity index (χ4v) is 2.48. The lowest BCUT2D eigenvalue weighted by Crippen LogP contribution is -1.85. The second-order valence-electron chi connectivity index (χ2n) is 2.89. The van der Waals surface area contributed by atoms with E-state index in [9.17, 15) is 0 Å². The fraction of sp³-hybridized carbons (Fsp3) is 0.100. The van der Waals surface area contributed by atoms with E-state index in [4.69, 9.17) is 11.0 Å². The average molecular weight is 188 g/mol. The Labute approximate surface area is 80.2 Å². The van der Waals surface area contributed by atoms with E-state index in [1.54, 1.807) is 0 Å². The first-order valence-electron chi connectivity index (χ1n) is 3.91. The Morgan fingerprint density at radius 3 is 2.85 bits per heavy atom. The summed E-state index contributed by atoms with van der Waals surface area (Å²) in [7, 11) is 0. The summed E-state index contributed by atoms with van der Waals surface area (Å²) < 4.78 is 1.09. The first-order chi connectivity index (χ1) is 6.24. The molecule has 0 spiro atoms. The number of fused-ring (bicyclic) bond motifs is 1. The van der Waals surface area contributed by atoms with Gasteiger partial charge in [0.25, 0.3) is 0 Å². The molecule has 3 heteroatoms. The van der Waals surface area contributed by atoms with Gasteiger partial charge in [-0.05, 0) is 24.6 Å². The van der Waals surface area contributed by atoms with Crippen molar-refractivity contribution in [3.8, 4) is 6.07 Å². The van der Waals surface area contributed by atoms with Crippen LogP contribution in [0.25, 0.3) is 10.1 Å². The Morgan fingerprint density at radius 2 is 2.23 bits per heavy atom. The van der Waals surface area contributed by atoms with Crippen LogP contribution in [-0.4, -0.2) is 0 Å². The van der Waals surface area contributed by atoms with Crippen molar-refractivity contribution in [2.75, 3.05) is 5.73 Å². The van der Waals surface area contributed by atoms with E-state index in [2.05, 4.69) is 6.07 Å². The Kier molecular flexibility index (Phi) is 1.71. The van der Waals surface area contributed by atoms with Crippen molar-refractivity contribution < 1.29 is 0 Å². The van der Waals surface area contributed by atoms with E-state index in [1.807, 2.05) is 25.1 Å². The monoisotopic (exact) mass is 188 g/mol. The zero-order valence-corrected chi connectivity index (χ0v) is 7.98. The normalized spacial score (nSPS) is 10.2. The fourth-order valence-electron chi connectivity index (χ4n) is 1.44. The van der Waals surface area contributed by atoms with Gasteiger partial charge >= 0.3 is 0 Å². The Morgan fingerprint density at radius 1 is 1.46 bits per heavy atom. The van der Waals surface area contributed by atoms with Crippen LogP contribution in [0.5, 0.6) is 0 Å². The highest BCUT2D eigenvalue weighted by atomic mass is 32.1. The third-order valence-electron chi connectivity index (χ3n) is 2.09. The third-order valence-corrected chi connectivity index (χ3v) is 3.25. The van der Waals surface area contributed by atoms with Gasteiger partial charge in [0.05, 0.1) is 0 Å². The number of nitrogens with zero attached hydrogens (tertiary/aromatic N) is 1. The minimum absolute atomic E-state index is 0.757. The highest BCUT2D eigenvalue weighted by molar-refractivity contribution is 7.19. The molecular weight excluding hydrogens is 180 g/mol. The standard InChI is InChI=1S/C10H8N2S/c1-6-9(5-11)13-8-4-2-3-7(12)10(6)8/h2-4H,12H2,1H3. The molecule has 0 bridgehead atoms. The van der Waals surface area contributed by atoms with Crippen molar-refractivity contribution >= 4 is 27.1 Å². The second-order valence-corrected chi connectivity index (χ2v) is 3.94. The highest BCUT2D eigenvalue weighted by Crippen LogP contribution is 2.33. The molecule has 13 heavy (non-hydrogen) atoms. The van der Waals surface area contributed by atoms with Crippen molar-refractivity contribution in [1.82, 2.24) is 0 Å². The zero-order chi connectivity index (χ0) is 9.42. The van der Waals surface area contributed by atoms with Gasteiger partial charge < -0.3 is 5.73 Å². The van der Waals surface area contributed by atoms with Gasteiger partial charge in [-0.2, -0.15) is 5.26 Å². The van der Waals surface area contributed by atoms with Crippen LogP contribution in [-0.2, 0) is 0 Å². The van der Waals surface area contributed by atoms with Crippen LogP contribution in [0.4, 0.5) is 5.69 Å². The molecule has 0 aliphatic rings. The van der Waals surface area contributed by atoms with E-state index in [1.165, 1.54) is 11.3 Å². The number of aryl methyl sites for hydroxylation is 1. The molecule has 0 fully saturated rings. The number of hydrogen-bond acceptors (Lipinski definition) is 3. The molecule has 0 saturated heterocycles. The Hall–Kier alpha value is -1.53. The average Bonchev–Trinajstić information content (AvgIpc) is 2.44. The summed E-state index contributed by atoms with van der Waals surface area (Å²) in [4.78, 5) is 0.757. The molecule has 0 aliphatic carbocycles. The van der Waals surface area contributed by atoms with E-state index < -0.39 is 0 Å². The SMILES string of the molecule is Cc1c(C#N)sc2cccc(N)c12. The molecule has 1 aromatic carbocycles. The van der Waals surface area contributed by atoms with Crippen LogP contribution in [0.2, 0.25) is 0 Å². The van der Waals surface area contributed by atoms with Gasteiger partial charge in [0.2, 0.25) is 0 Å². The lowest BCUT2D eigenvalue weighted by Gasteiger charge is -1.95. The van der Waals surface area contributed by atoms with E-state index in [0.717, 1.165) is 26.2 Å². The van der Waals surface area contributed by atoms with Gasteiger partial charge in [-0.15, -0.1) is 11.3 Å². The molecule has 2 rings (SSSR count). The number of nitrogen functional groups attached to an aromatic ring is 1. The summed E-state index contributed by atoms with van der Waals surface area (Å²) in [6, 6.07) is 7.94. The topological polar surface area (TPSA) is 49.8 Å². The van der Waals surface area contributed by atoms with Crippen LogP contribution in [0, 0.1) is 18.3 Å². The minimum Gasteiger partial charge on any atom is -0.398 e. The van der Waals surface area contributed by atoms with Crippen molar-refractivity contribution in [2.24, 2.45) is 0 Å². The van der Waals surface area contributed by atoms with Gasteiger partial charge in [0, 0.05) is 15.8 Å². The predicted molar refractivity (Wildman–Crippen MR) is 55.7 cm³/mol. The largest absolute Gasteiger partial charge is 0.398 e. The summed E-state index contributed by atoms with van der Waals surface area (Å²) in [6.45, 7) is 1.94. The van der Waals surface area contributed by atoms with E-state index in [-0.39, 0.29) is 0 Å². The molecule has 0 atom stereocenters. The van der Waals surface area contributed by atoms with Gasteiger partial charge in [-0.25, -0.2) is 0 Å². The number of thiophene rings is 1. The maximum Gasteiger partial charge on any atom is 0.110 e. The summed E-state index contributed by atoms with van der Waals surface area (Å²) in [5, 5.41) is 9.86. The third kappa shape index (κ3) is 1.07. The maximum absolute atomic E-state index is 8.83. The van der Waals surface area contributed by atoms with Crippen LogP contribution in [0.1, 0.15) is 10.4 Å². The molecule has 0 saturated carbocycles. The van der Waals surface area contributed by atoms with Crippen molar-refractivity contribution in [1.29, 1.82) is 5.26 Å². The van der Waals surface area contributed by atoms with Crippen molar-refractivity contribution in [3.63, 3.8) is 0 Å². The lowest BCUT2D eigenvalue weighted by atomic mass is 10.1. The number of nitrogens with two attached hydrogens (primary N) is 1. The van der Waals surface area contributed by atoms with Crippen molar-refractivity contribution in [3.05, 3.63) is 28.6 Å². The summed E-state index contributed by atoms with van der Waals surface area (Å²) >= 11 is 1.50. The molecule has 64 valence electrons. The van der Waals surface area contributed by atoms with Gasteiger partial charge in [-0.3, -0.25) is 0 Å². The molecule has 0 radical (unpaired) electrons. The number of rotatable bonds is 0. The minimum atomic E-state index is 0.757. The molecule has 1 heterocycles. The molecule has 0 unspecified atom stereocenters. The molecule has 2 aromatic rings. The smallest absolute Gasteiger partial charge is 0.110 e. The van der Waals surface area contributed by atoms with E-state index >= 15 is 0 Å². The number of anilines is 1. The molecular formula is C10H8N2S. The summed E-state index contributed by atoms with van der Waals surface area (Å²) in [5.41, 5.74) is 7.58. The Balaban J connectivity index is 2.95. The predicted octanol–water partition coefficient (Wildman–Crippen LogP) is 2.66. The second kappa shape index (κ2) is 2.75. The van der Waals surface area contributed by atoms with Crippen LogP contribution in [0.3, 0.4) is 0 Å². The number of hydrogen-bond donors (Lipinski definition) is 1. The summed E-state index contributed by atoms with van der Waals surface area (Å²) in [5.74, 6) is 0. The van der Waals surface area contributed by atoms with Gasteiger partial charge in [0.1, 0.15) is 10.9 Å². The van der Waals surface area contributed by atoms with Crippen LogP contribution >= 0.6 is 11.3 Å². The van der Waals surface area contributed by atoms with Gasteiger partial charge in [-0.1, -0.05) is 6.07 Å². The number of benzene rings is 1. The van der Waals surface area contributed by atoms with Gasteiger partial charge in [0.15, 0.2) is 0 Å². The molecule has 0 amide bonds.